The van der Waals surface area contributed by atoms with E-state index in [1.165, 1.54) is 6.07 Å². The maximum Gasteiger partial charge on any atom is 0.416 e. The van der Waals surface area contributed by atoms with Crippen LogP contribution < -0.4 is 0 Å². The van der Waals surface area contributed by atoms with Gasteiger partial charge in [0.1, 0.15) is 0 Å². The molecule has 2 nitrogen and oxygen atoms in total. The van der Waals surface area contributed by atoms with Crippen molar-refractivity contribution in [1.29, 1.82) is 0 Å². The Morgan fingerprint density at radius 2 is 2.10 bits per heavy atom. The zero-order valence-electron chi connectivity index (χ0n) is 11.4. The predicted octanol–water partition coefficient (Wildman–Crippen LogP) is 3.41. The van der Waals surface area contributed by atoms with Crippen molar-refractivity contribution in [2.45, 2.75) is 38.1 Å². The third kappa shape index (κ3) is 2.33. The van der Waals surface area contributed by atoms with E-state index in [4.69, 9.17) is 4.74 Å². The third-order valence-electron chi connectivity index (χ3n) is 4.24. The van der Waals surface area contributed by atoms with Gasteiger partial charge >= 0.3 is 6.18 Å². The van der Waals surface area contributed by atoms with Gasteiger partial charge < -0.3 is 9.64 Å². The molecular weight excluding hydrogens is 267 g/mol. The van der Waals surface area contributed by atoms with Crippen LogP contribution in [0.3, 0.4) is 0 Å². The van der Waals surface area contributed by atoms with Gasteiger partial charge in [-0.2, -0.15) is 13.2 Å². The van der Waals surface area contributed by atoms with E-state index >= 15 is 0 Å². The third-order valence-corrected chi connectivity index (χ3v) is 4.24. The molecule has 0 aromatic heterocycles. The van der Waals surface area contributed by atoms with Crippen molar-refractivity contribution in [1.82, 2.24) is 4.90 Å². The molecule has 2 atom stereocenters. The van der Waals surface area contributed by atoms with Crippen LogP contribution in [0.4, 0.5) is 13.2 Å². The fourth-order valence-electron chi connectivity index (χ4n) is 3.39. The number of likely N-dealkylation sites (tertiary alicyclic amines) is 1. The molecule has 1 saturated heterocycles. The van der Waals surface area contributed by atoms with Gasteiger partial charge in [-0.15, -0.1) is 0 Å². The Morgan fingerprint density at radius 1 is 1.30 bits per heavy atom. The van der Waals surface area contributed by atoms with Crippen LogP contribution in [0, 0.1) is 0 Å². The highest BCUT2D eigenvalue weighted by atomic mass is 19.4. The van der Waals surface area contributed by atoms with Crippen LogP contribution in [0.15, 0.2) is 18.2 Å². The van der Waals surface area contributed by atoms with Crippen LogP contribution in [0.25, 0.3) is 0 Å². The van der Waals surface area contributed by atoms with E-state index in [1.807, 2.05) is 6.07 Å². The molecule has 0 N–H and O–H groups in total. The molecule has 110 valence electrons. The Morgan fingerprint density at radius 3 is 2.80 bits per heavy atom. The van der Waals surface area contributed by atoms with Gasteiger partial charge in [-0.1, -0.05) is 19.1 Å². The summed E-state index contributed by atoms with van der Waals surface area (Å²) in [5.41, 5.74) is 0.622. The maximum absolute atomic E-state index is 13.1. The van der Waals surface area contributed by atoms with Crippen LogP contribution in [0.2, 0.25) is 0 Å². The first-order valence-corrected chi connectivity index (χ1v) is 7.03. The topological polar surface area (TPSA) is 12.5 Å². The normalized spacial score (nSPS) is 26.4. The molecule has 2 aliphatic rings. The second-order valence-electron chi connectivity index (χ2n) is 5.59. The zero-order chi connectivity index (χ0) is 14.3. The lowest BCUT2D eigenvalue weighted by Crippen LogP contribution is -2.29. The molecule has 0 radical (unpaired) electrons. The Bertz CT molecular complexity index is 500. The van der Waals surface area contributed by atoms with E-state index in [1.54, 1.807) is 0 Å². The number of hydrogen-bond donors (Lipinski definition) is 0. The van der Waals surface area contributed by atoms with E-state index in [9.17, 15) is 13.2 Å². The second-order valence-corrected chi connectivity index (χ2v) is 5.59. The molecule has 0 bridgehead atoms. The Kier molecular flexibility index (Phi) is 3.50. The molecule has 2 aliphatic heterocycles. The standard InChI is InChI=1S/C15H18F3NO/c1-2-6-19-7-11-10-4-3-5-13(15(16,17)18)12(10)9-20-14(11)8-19/h3-5,11,14H,2,6-9H2,1H3/t11?,14-/m0/s1. The molecular formula is C15H18F3NO. The smallest absolute Gasteiger partial charge is 0.371 e. The number of rotatable bonds is 2. The van der Waals surface area contributed by atoms with Crippen molar-refractivity contribution >= 4 is 0 Å². The highest BCUT2D eigenvalue weighted by Gasteiger charge is 2.42. The lowest BCUT2D eigenvalue weighted by atomic mass is 9.87. The minimum Gasteiger partial charge on any atom is -0.371 e. The molecule has 1 fully saturated rings. The summed E-state index contributed by atoms with van der Waals surface area (Å²) >= 11 is 0. The van der Waals surface area contributed by atoms with Crippen LogP contribution in [0.1, 0.15) is 36.0 Å². The minimum absolute atomic E-state index is 0.0394. The minimum atomic E-state index is -4.30. The summed E-state index contributed by atoms with van der Waals surface area (Å²) in [5, 5.41) is 0. The van der Waals surface area contributed by atoms with Crippen LogP contribution >= 0.6 is 0 Å². The maximum atomic E-state index is 13.1. The molecule has 5 heteroatoms. The van der Waals surface area contributed by atoms with Crippen molar-refractivity contribution in [2.24, 2.45) is 0 Å². The highest BCUT2D eigenvalue weighted by molar-refractivity contribution is 5.41. The Labute approximate surface area is 116 Å². The molecule has 1 aromatic carbocycles. The van der Waals surface area contributed by atoms with Gasteiger partial charge in [-0.05, 0) is 30.2 Å². The average molecular weight is 285 g/mol. The number of hydrogen-bond acceptors (Lipinski definition) is 2. The van der Waals surface area contributed by atoms with Crippen molar-refractivity contribution < 1.29 is 17.9 Å². The zero-order valence-corrected chi connectivity index (χ0v) is 11.4. The fourth-order valence-corrected chi connectivity index (χ4v) is 3.39. The van der Waals surface area contributed by atoms with Gasteiger partial charge in [-0.3, -0.25) is 0 Å². The van der Waals surface area contributed by atoms with E-state index < -0.39 is 11.7 Å². The summed E-state index contributed by atoms with van der Waals surface area (Å²) in [4.78, 5) is 2.28. The van der Waals surface area contributed by atoms with Gasteiger partial charge in [0.05, 0.1) is 18.3 Å². The van der Waals surface area contributed by atoms with Crippen molar-refractivity contribution in [3.05, 3.63) is 34.9 Å². The summed E-state index contributed by atoms with van der Waals surface area (Å²) in [6, 6.07) is 4.51. The molecule has 1 aromatic rings. The first kappa shape index (κ1) is 13.9. The number of alkyl halides is 3. The summed E-state index contributed by atoms with van der Waals surface area (Å²) in [5.74, 6) is 0.0765. The summed E-state index contributed by atoms with van der Waals surface area (Å²) in [7, 11) is 0. The largest absolute Gasteiger partial charge is 0.416 e. The van der Waals surface area contributed by atoms with Crippen LogP contribution in [-0.4, -0.2) is 30.6 Å². The van der Waals surface area contributed by atoms with Gasteiger partial charge in [0.15, 0.2) is 0 Å². The number of halogens is 3. The SMILES string of the molecule is CCCN1CC2c3cccc(C(F)(F)F)c3CO[C@H]2C1. The molecule has 20 heavy (non-hydrogen) atoms. The van der Waals surface area contributed by atoms with Crippen LogP contribution in [-0.2, 0) is 17.5 Å². The van der Waals surface area contributed by atoms with Gasteiger partial charge in [0.25, 0.3) is 0 Å². The first-order valence-electron chi connectivity index (χ1n) is 7.03. The lowest BCUT2D eigenvalue weighted by molar-refractivity contribution is -0.139. The molecule has 3 rings (SSSR count). The average Bonchev–Trinajstić information content (AvgIpc) is 2.80. The van der Waals surface area contributed by atoms with E-state index in [0.29, 0.717) is 5.56 Å². The number of fused-ring (bicyclic) bond motifs is 3. The highest BCUT2D eigenvalue weighted by Crippen LogP contribution is 2.42. The summed E-state index contributed by atoms with van der Waals surface area (Å²) in [6.45, 7) is 4.79. The molecule has 2 heterocycles. The predicted molar refractivity (Wildman–Crippen MR) is 69.5 cm³/mol. The van der Waals surface area contributed by atoms with Gasteiger partial charge in [0, 0.05) is 19.0 Å². The first-order chi connectivity index (χ1) is 9.50. The van der Waals surface area contributed by atoms with E-state index in [0.717, 1.165) is 37.7 Å². The molecule has 1 unspecified atom stereocenters. The fraction of sp³-hybridized carbons (Fsp3) is 0.600. The van der Waals surface area contributed by atoms with Crippen molar-refractivity contribution in [2.75, 3.05) is 19.6 Å². The second kappa shape index (κ2) is 5.04. The summed E-state index contributed by atoms with van der Waals surface area (Å²) in [6.07, 6.45) is -3.21. The number of nitrogens with zero attached hydrogens (tertiary/aromatic N) is 1. The van der Waals surface area contributed by atoms with Crippen LogP contribution in [0.5, 0.6) is 0 Å². The van der Waals surface area contributed by atoms with Crippen molar-refractivity contribution in [3.8, 4) is 0 Å². The van der Waals surface area contributed by atoms with E-state index in [2.05, 4.69) is 11.8 Å². The number of ether oxygens (including phenoxy) is 1. The Balaban J connectivity index is 1.94. The molecule has 0 aliphatic carbocycles. The Hall–Kier alpha value is -1.07. The van der Waals surface area contributed by atoms with E-state index in [-0.39, 0.29) is 18.6 Å². The molecule has 0 saturated carbocycles. The quantitative estimate of drug-likeness (QED) is 0.825. The monoisotopic (exact) mass is 285 g/mol. The summed E-state index contributed by atoms with van der Waals surface area (Å²) < 4.78 is 44.9. The number of benzene rings is 1. The van der Waals surface area contributed by atoms with Gasteiger partial charge in [0.2, 0.25) is 0 Å². The molecule has 0 amide bonds. The lowest BCUT2D eigenvalue weighted by Gasteiger charge is -2.29. The van der Waals surface area contributed by atoms with Crippen molar-refractivity contribution in [3.63, 3.8) is 0 Å². The molecule has 0 spiro atoms. The van der Waals surface area contributed by atoms with Gasteiger partial charge in [-0.25, -0.2) is 0 Å².